The Kier molecular flexibility index (Phi) is 4.05. The van der Waals surface area contributed by atoms with Gasteiger partial charge in [-0.25, -0.2) is 4.79 Å². The number of nitrogens with zero attached hydrogens (tertiary/aromatic N) is 2. The first kappa shape index (κ1) is 18.2. The van der Waals surface area contributed by atoms with Gasteiger partial charge in [0.2, 0.25) is 0 Å². The van der Waals surface area contributed by atoms with E-state index in [1.165, 1.54) is 18.4 Å². The number of aliphatic hydroxyl groups is 1. The van der Waals surface area contributed by atoms with Crippen LogP contribution in [0.4, 0.5) is 4.79 Å². The number of carbonyl (C=O) groups excluding carboxylic acids is 1. The molecule has 29 heavy (non-hydrogen) atoms. The molecule has 2 heterocycles. The van der Waals surface area contributed by atoms with Gasteiger partial charge in [0.15, 0.2) is 0 Å². The lowest BCUT2D eigenvalue weighted by Gasteiger charge is -2.59. The first-order valence-electron chi connectivity index (χ1n) is 11.5. The second-order valence-electron chi connectivity index (χ2n) is 10.6. The molecular weight excluding hydrogens is 364 g/mol. The lowest BCUT2D eigenvalue weighted by molar-refractivity contribution is -0.153. The van der Waals surface area contributed by atoms with Crippen LogP contribution in [0.15, 0.2) is 30.3 Å². The minimum atomic E-state index is -0.442. The molecule has 4 unspecified atom stereocenters. The number of urea groups is 1. The van der Waals surface area contributed by atoms with E-state index in [4.69, 9.17) is 4.74 Å². The molecule has 5 nitrogen and oxygen atoms in total. The number of hydrogen-bond acceptors (Lipinski definition) is 3. The van der Waals surface area contributed by atoms with Gasteiger partial charge in [-0.05, 0) is 68.3 Å². The summed E-state index contributed by atoms with van der Waals surface area (Å²) in [7, 11) is 0. The van der Waals surface area contributed by atoms with Crippen LogP contribution < -0.4 is 0 Å². The van der Waals surface area contributed by atoms with Crippen LogP contribution in [0.25, 0.3) is 0 Å². The topological polar surface area (TPSA) is 53.0 Å². The third-order valence-electron chi connectivity index (χ3n) is 8.57. The minimum absolute atomic E-state index is 0.155. The number of rotatable bonds is 5. The van der Waals surface area contributed by atoms with Gasteiger partial charge >= 0.3 is 6.03 Å². The first-order chi connectivity index (χ1) is 14.1. The number of hydrogen-bond donors (Lipinski definition) is 1. The number of carbonyl (C=O) groups is 1. The van der Waals surface area contributed by atoms with E-state index in [1.807, 2.05) is 18.2 Å². The van der Waals surface area contributed by atoms with Crippen LogP contribution in [0.3, 0.4) is 0 Å². The number of benzene rings is 1. The van der Waals surface area contributed by atoms with Crippen LogP contribution in [-0.2, 0) is 11.3 Å². The molecule has 6 aliphatic rings. The highest BCUT2D eigenvalue weighted by atomic mass is 16.5. The van der Waals surface area contributed by atoms with Gasteiger partial charge in [-0.1, -0.05) is 30.3 Å². The fraction of sp³-hybridized carbons (Fsp3) is 0.708. The molecule has 5 heteroatoms. The molecule has 1 N–H and O–H groups in total. The van der Waals surface area contributed by atoms with Gasteiger partial charge in [-0.3, -0.25) is 0 Å². The third kappa shape index (κ3) is 2.84. The van der Waals surface area contributed by atoms with E-state index in [0.29, 0.717) is 37.0 Å². The maximum atomic E-state index is 13.5. The second-order valence-corrected chi connectivity index (χ2v) is 10.6. The van der Waals surface area contributed by atoms with Gasteiger partial charge in [-0.15, -0.1) is 0 Å². The number of amides is 2. The van der Waals surface area contributed by atoms with E-state index in [1.54, 1.807) is 0 Å². The van der Waals surface area contributed by atoms with Gasteiger partial charge in [0.1, 0.15) is 0 Å². The zero-order valence-electron chi connectivity index (χ0n) is 17.1. The normalized spacial score (nSPS) is 42.7. The van der Waals surface area contributed by atoms with E-state index in [-0.39, 0.29) is 11.6 Å². The molecule has 0 aromatic heterocycles. The largest absolute Gasteiger partial charge is 0.390 e. The zero-order valence-corrected chi connectivity index (χ0v) is 17.1. The Morgan fingerprint density at radius 3 is 2.59 bits per heavy atom. The maximum Gasteiger partial charge on any atom is 0.320 e. The van der Waals surface area contributed by atoms with E-state index in [9.17, 15) is 9.90 Å². The minimum Gasteiger partial charge on any atom is -0.390 e. The van der Waals surface area contributed by atoms with Crippen LogP contribution in [0, 0.1) is 17.8 Å². The van der Waals surface area contributed by atoms with Crippen molar-refractivity contribution in [2.75, 3.05) is 19.7 Å². The molecule has 6 fully saturated rings. The molecule has 4 saturated carbocycles. The van der Waals surface area contributed by atoms with E-state index < -0.39 is 5.60 Å². The van der Waals surface area contributed by atoms with Gasteiger partial charge in [0, 0.05) is 19.1 Å². The Morgan fingerprint density at radius 2 is 1.86 bits per heavy atom. The summed E-state index contributed by atoms with van der Waals surface area (Å²) in [6, 6.07) is 10.9. The predicted molar refractivity (Wildman–Crippen MR) is 109 cm³/mol. The molecule has 1 aromatic rings. The second kappa shape index (κ2) is 6.45. The summed E-state index contributed by atoms with van der Waals surface area (Å²) in [4.78, 5) is 17.8. The highest BCUT2D eigenvalue weighted by Gasteiger charge is 2.61. The Hall–Kier alpha value is -1.59. The Bertz CT molecular complexity index is 783. The SMILES string of the molecule is O=C1N(C2[C@@H]3CC4C[C@H]2CC(O)(C4)C3)CC2(COCc3ccccc3)CCCN12. The molecule has 0 radical (unpaired) electrons. The molecule has 7 rings (SSSR count). The Morgan fingerprint density at radius 1 is 1.10 bits per heavy atom. The van der Waals surface area contributed by atoms with Crippen molar-refractivity contribution in [2.45, 2.75) is 68.7 Å². The van der Waals surface area contributed by atoms with Crippen LogP contribution in [-0.4, -0.2) is 57.8 Å². The van der Waals surface area contributed by atoms with Crippen molar-refractivity contribution < 1.29 is 14.6 Å². The van der Waals surface area contributed by atoms with E-state index in [0.717, 1.165) is 45.2 Å². The smallest absolute Gasteiger partial charge is 0.320 e. The molecule has 2 aliphatic heterocycles. The van der Waals surface area contributed by atoms with Crippen molar-refractivity contribution in [1.29, 1.82) is 0 Å². The highest BCUT2D eigenvalue weighted by Crippen LogP contribution is 2.58. The van der Waals surface area contributed by atoms with Gasteiger partial charge in [0.05, 0.1) is 24.4 Å². The molecule has 0 spiro atoms. The standard InChI is InChI=1S/C24H32N2O3/c27-22-25(21-19-9-18-10-20(21)13-24(28,11-18)12-19)15-23(7-4-8-26(22)23)16-29-14-17-5-2-1-3-6-17/h1-3,5-6,18-21,28H,4,7-16H2/t18?,19-,20+,21?,23?,24?. The van der Waals surface area contributed by atoms with Crippen molar-refractivity contribution in [3.05, 3.63) is 35.9 Å². The fourth-order valence-electron chi connectivity index (χ4n) is 7.77. The molecule has 156 valence electrons. The van der Waals surface area contributed by atoms with Crippen LogP contribution in [0.2, 0.25) is 0 Å². The van der Waals surface area contributed by atoms with Gasteiger partial charge in [-0.2, -0.15) is 0 Å². The molecule has 4 bridgehead atoms. The van der Waals surface area contributed by atoms with Gasteiger partial charge in [0.25, 0.3) is 0 Å². The van der Waals surface area contributed by atoms with Crippen LogP contribution >= 0.6 is 0 Å². The molecule has 1 aromatic carbocycles. The zero-order chi connectivity index (χ0) is 19.6. The summed E-state index contributed by atoms with van der Waals surface area (Å²) < 4.78 is 6.17. The summed E-state index contributed by atoms with van der Waals surface area (Å²) in [6.07, 6.45) is 7.30. The Labute approximate surface area is 173 Å². The molecule has 6 atom stereocenters. The predicted octanol–water partition coefficient (Wildman–Crippen LogP) is 3.41. The van der Waals surface area contributed by atoms with Crippen molar-refractivity contribution in [3.8, 4) is 0 Å². The lowest BCUT2D eigenvalue weighted by atomic mass is 9.52. The average Bonchev–Trinajstić information content (AvgIpc) is 3.20. The van der Waals surface area contributed by atoms with Crippen LogP contribution in [0.1, 0.15) is 50.5 Å². The summed E-state index contributed by atoms with van der Waals surface area (Å²) in [6.45, 7) is 2.90. The monoisotopic (exact) mass is 396 g/mol. The lowest BCUT2D eigenvalue weighted by Crippen LogP contribution is -2.62. The maximum absolute atomic E-state index is 13.5. The summed E-state index contributed by atoms with van der Waals surface area (Å²) in [5.74, 6) is 1.64. The number of fused-ring (bicyclic) bond motifs is 1. The van der Waals surface area contributed by atoms with E-state index >= 15 is 0 Å². The summed E-state index contributed by atoms with van der Waals surface area (Å²) in [5.41, 5.74) is 0.587. The molecule has 2 amide bonds. The van der Waals surface area contributed by atoms with Crippen molar-refractivity contribution in [1.82, 2.24) is 9.80 Å². The van der Waals surface area contributed by atoms with Crippen LogP contribution in [0.5, 0.6) is 0 Å². The highest BCUT2D eigenvalue weighted by molar-refractivity contribution is 5.79. The third-order valence-corrected chi connectivity index (χ3v) is 8.57. The number of ether oxygens (including phenoxy) is 1. The summed E-state index contributed by atoms with van der Waals surface area (Å²) >= 11 is 0. The van der Waals surface area contributed by atoms with Gasteiger partial charge < -0.3 is 19.6 Å². The fourth-order valence-corrected chi connectivity index (χ4v) is 7.77. The molecule has 2 saturated heterocycles. The van der Waals surface area contributed by atoms with Crippen molar-refractivity contribution >= 4 is 6.03 Å². The van der Waals surface area contributed by atoms with E-state index in [2.05, 4.69) is 21.9 Å². The Balaban J connectivity index is 1.19. The van der Waals surface area contributed by atoms with Crippen molar-refractivity contribution in [2.24, 2.45) is 17.8 Å². The molecule has 4 aliphatic carbocycles. The average molecular weight is 397 g/mol. The molecular formula is C24H32N2O3. The quantitative estimate of drug-likeness (QED) is 0.830. The first-order valence-corrected chi connectivity index (χ1v) is 11.5. The summed E-state index contributed by atoms with van der Waals surface area (Å²) in [5, 5.41) is 10.9. The van der Waals surface area contributed by atoms with Crippen molar-refractivity contribution in [3.63, 3.8) is 0 Å².